The molecule has 0 rings (SSSR count). The number of nitrogens with zero attached hydrogens (tertiary/aromatic N) is 1. The van der Waals surface area contributed by atoms with E-state index in [9.17, 15) is 83.2 Å². The summed E-state index contributed by atoms with van der Waals surface area (Å²) in [5.74, 6) is -50.3. The van der Waals surface area contributed by atoms with E-state index in [4.69, 9.17) is 0 Å². The van der Waals surface area contributed by atoms with Crippen LogP contribution in [0, 0.1) is 0 Å². The summed E-state index contributed by atoms with van der Waals surface area (Å²) >= 11 is 0. The van der Waals surface area contributed by atoms with Crippen LogP contribution in [0.4, 0.5) is 70.2 Å². The lowest BCUT2D eigenvalue weighted by Crippen LogP contribution is -2.73. The molecule has 0 heterocycles. The van der Waals surface area contributed by atoms with Gasteiger partial charge in [0, 0.05) is 0 Å². The van der Waals surface area contributed by atoms with Crippen LogP contribution in [0.5, 0.6) is 0 Å². The van der Waals surface area contributed by atoms with Crippen LogP contribution < -0.4 is 0 Å². The number of hydrogen-bond acceptors (Lipinski definition) is 3. The van der Waals surface area contributed by atoms with Gasteiger partial charge in [-0.15, -0.1) is 0 Å². The second-order valence-electron chi connectivity index (χ2n) is 7.41. The quantitative estimate of drug-likeness (QED) is 0.162. The maximum absolute atomic E-state index is 13.0. The van der Waals surface area contributed by atoms with Gasteiger partial charge in [-0.2, -0.15) is 65.9 Å². The zero-order valence-electron chi connectivity index (χ0n) is 19.0. The minimum absolute atomic E-state index is 1.28. The third-order valence-corrected chi connectivity index (χ3v) is 6.38. The average molecular weight is 611 g/mol. The molecule has 21 heteroatoms. The van der Waals surface area contributed by atoms with E-state index >= 15 is 0 Å². The topological polar surface area (TPSA) is 57.2 Å². The summed E-state index contributed by atoms with van der Waals surface area (Å²) in [6.45, 7) is 14.2. The van der Waals surface area contributed by atoms with Gasteiger partial charge in [0.25, 0.3) is 5.50 Å². The van der Waals surface area contributed by atoms with Gasteiger partial charge < -0.3 is 9.04 Å². The van der Waals surface area contributed by atoms with Gasteiger partial charge >= 0.3 is 41.7 Å². The molecule has 0 N–H and O–H groups in total. The minimum Gasteiger partial charge on any atom is -0.746 e. The molecule has 0 aromatic rings. The van der Waals surface area contributed by atoms with Gasteiger partial charge in [-0.05, 0) is 27.7 Å². The van der Waals surface area contributed by atoms with Crippen LogP contribution in [0.1, 0.15) is 27.7 Å². The highest BCUT2D eigenvalue weighted by Gasteiger charge is 2.94. The van der Waals surface area contributed by atoms with Crippen LogP contribution in [0.2, 0.25) is 0 Å². The largest absolute Gasteiger partial charge is 0.746 e. The van der Waals surface area contributed by atoms with Gasteiger partial charge in [0.05, 0.1) is 26.2 Å². The molecule has 0 spiro atoms. The van der Waals surface area contributed by atoms with Gasteiger partial charge in [0.1, 0.15) is 10.1 Å². The van der Waals surface area contributed by atoms with Crippen molar-refractivity contribution in [2.24, 2.45) is 0 Å². The predicted molar refractivity (Wildman–Crippen MR) is 92.8 cm³/mol. The van der Waals surface area contributed by atoms with E-state index in [0.29, 0.717) is 0 Å². The molecule has 0 aliphatic carbocycles. The lowest BCUT2D eigenvalue weighted by Gasteiger charge is -2.42. The van der Waals surface area contributed by atoms with Crippen molar-refractivity contribution in [2.75, 3.05) is 26.2 Å². The molecule has 0 aromatic carbocycles. The summed E-state index contributed by atoms with van der Waals surface area (Å²) in [5.41, 5.74) is -6.02. The van der Waals surface area contributed by atoms with E-state index in [0.717, 1.165) is 0 Å². The molecule has 0 amide bonds. The Bertz CT molecular complexity index is 835. The van der Waals surface area contributed by atoms with Crippen molar-refractivity contribution in [1.29, 1.82) is 0 Å². The molecule has 0 saturated carbocycles. The fourth-order valence-electron chi connectivity index (χ4n) is 2.64. The van der Waals surface area contributed by atoms with E-state index in [1.807, 2.05) is 0 Å². The molecule has 4 nitrogen and oxygen atoms in total. The fraction of sp³-hybridized carbons (Fsp3) is 1.00. The van der Waals surface area contributed by atoms with Crippen LogP contribution in [0.15, 0.2) is 0 Å². The Balaban J connectivity index is 0. The summed E-state index contributed by atoms with van der Waals surface area (Å²) in [7, 11) is -7.38. The van der Waals surface area contributed by atoms with Gasteiger partial charge in [0.15, 0.2) is 0 Å². The normalized spacial score (nSPS) is 16.2. The molecule has 226 valence electrons. The Kier molecular flexibility index (Phi) is 11.4. The van der Waals surface area contributed by atoms with Crippen LogP contribution in [0.25, 0.3) is 0 Å². The molecular weight excluding hydrogens is 590 g/mol. The first-order valence-corrected chi connectivity index (χ1v) is 11.1. The lowest BCUT2D eigenvalue weighted by molar-refractivity contribution is -0.921. The number of hydrogen-bond donors (Lipinski definition) is 0. The van der Waals surface area contributed by atoms with E-state index in [1.165, 1.54) is 30.7 Å². The summed E-state index contributed by atoms with van der Waals surface area (Å²) in [5, 5.41) is 0. The molecule has 0 aliphatic rings. The smallest absolute Gasteiger partial charge is 0.460 e. The Morgan fingerprint density at radius 1 is 0.568 bits per heavy atom. The summed E-state index contributed by atoms with van der Waals surface area (Å²) < 4.78 is 233. The van der Waals surface area contributed by atoms with Gasteiger partial charge in [-0.3, -0.25) is 0 Å². The molecule has 37 heavy (non-hydrogen) atoms. The van der Waals surface area contributed by atoms with Crippen molar-refractivity contribution in [2.45, 2.75) is 74.9 Å². The summed E-state index contributed by atoms with van der Waals surface area (Å²) in [6.07, 6.45) is -7.81. The Morgan fingerprint density at radius 2 is 0.811 bits per heavy atom. The summed E-state index contributed by atoms with van der Waals surface area (Å²) in [6, 6.07) is 0. The van der Waals surface area contributed by atoms with Crippen molar-refractivity contribution in [3.63, 3.8) is 0 Å². The van der Waals surface area contributed by atoms with E-state index < -0.39 is 57.3 Å². The van der Waals surface area contributed by atoms with Gasteiger partial charge in [0.2, 0.25) is 0 Å². The minimum atomic E-state index is -8.70. The number of halogens is 16. The summed E-state index contributed by atoms with van der Waals surface area (Å²) in [4.78, 5) is 0. The van der Waals surface area contributed by atoms with Crippen molar-refractivity contribution < 1.29 is 87.7 Å². The van der Waals surface area contributed by atoms with Crippen molar-refractivity contribution in [1.82, 2.24) is 0 Å². The third kappa shape index (κ3) is 6.33. The fourth-order valence-corrected chi connectivity index (χ4v) is 3.15. The molecule has 0 fully saturated rings. The molecule has 1 unspecified atom stereocenters. The first-order valence-electron chi connectivity index (χ1n) is 9.67. The third-order valence-electron chi connectivity index (χ3n) is 5.57. The highest BCUT2D eigenvalue weighted by atomic mass is 32.2. The van der Waals surface area contributed by atoms with E-state index in [-0.39, 0.29) is 0 Å². The van der Waals surface area contributed by atoms with Crippen LogP contribution in [-0.4, -0.2) is 90.8 Å². The second kappa shape index (κ2) is 11.1. The molecule has 0 aromatic heterocycles. The van der Waals surface area contributed by atoms with E-state index in [2.05, 4.69) is 27.7 Å². The second-order valence-corrected chi connectivity index (χ2v) is 8.81. The standard InChI is InChI=1S/C8H2F16O3S.C8H20N/c9-1(28(25,26)27)2(10,11)3(12,13)4(14,15)5(16,17)6(18,19)7(20,21)8(22,23)24;1-5-9(6-2,7-3)8-4/h1H,(H,25,26,27);5-8H2,1-4H3/q;+1/p-1. The average Bonchev–Trinajstić information content (AvgIpc) is 2.73. The van der Waals surface area contributed by atoms with Crippen LogP contribution >= 0.6 is 0 Å². The van der Waals surface area contributed by atoms with Crippen molar-refractivity contribution >= 4 is 10.1 Å². The van der Waals surface area contributed by atoms with Crippen molar-refractivity contribution in [3.8, 4) is 0 Å². The number of rotatable bonds is 11. The maximum Gasteiger partial charge on any atom is 0.460 e. The van der Waals surface area contributed by atoms with E-state index in [1.54, 1.807) is 0 Å². The Labute approximate surface area is 199 Å². The first kappa shape index (κ1) is 37.9. The lowest BCUT2D eigenvalue weighted by atomic mass is 9.91. The highest BCUT2D eigenvalue weighted by molar-refractivity contribution is 7.86. The first-order chi connectivity index (χ1) is 15.9. The number of quaternary nitrogens is 1. The molecule has 1 atom stereocenters. The molecule has 0 saturated heterocycles. The van der Waals surface area contributed by atoms with Gasteiger partial charge in [-0.1, -0.05) is 0 Å². The monoisotopic (exact) mass is 611 g/mol. The zero-order chi connectivity index (χ0) is 30.9. The van der Waals surface area contributed by atoms with Crippen molar-refractivity contribution in [3.05, 3.63) is 0 Å². The molecule has 0 aliphatic heterocycles. The van der Waals surface area contributed by atoms with Gasteiger partial charge in [-0.25, -0.2) is 12.8 Å². The Morgan fingerprint density at radius 3 is 1.00 bits per heavy atom. The number of alkyl halides is 16. The zero-order valence-corrected chi connectivity index (χ0v) is 19.8. The van der Waals surface area contributed by atoms with Crippen LogP contribution in [0.3, 0.4) is 0 Å². The van der Waals surface area contributed by atoms with Crippen LogP contribution in [-0.2, 0) is 10.1 Å². The predicted octanol–water partition coefficient (Wildman–Crippen LogP) is 6.08. The molecular formula is C16H21F16NO3S. The highest BCUT2D eigenvalue weighted by Crippen LogP contribution is 2.62. The maximum atomic E-state index is 13.0. The SMILES string of the molecule is CC[N+](CC)(CC)CC.O=S(=O)([O-])C(F)C(F)(F)C(F)(F)C(F)(F)C(F)(F)C(F)(F)C(F)(F)C(F)(F)F. The Hall–Kier alpha value is -1.25. The molecule has 0 bridgehead atoms. The molecule has 0 radical (unpaired) electrons.